The van der Waals surface area contributed by atoms with Crippen LogP contribution in [0.15, 0.2) is 54.9 Å². The SMILES string of the molecule is COc1ccc2c(c1)c(N(C)c1ccccc1)nc1nncn12. The Labute approximate surface area is 133 Å². The second-order valence-electron chi connectivity index (χ2n) is 5.21. The quantitative estimate of drug-likeness (QED) is 0.582. The molecular formula is C17H15N5O. The van der Waals surface area contributed by atoms with Gasteiger partial charge < -0.3 is 9.64 Å². The first-order valence-corrected chi connectivity index (χ1v) is 7.24. The third-order valence-corrected chi connectivity index (χ3v) is 3.90. The van der Waals surface area contributed by atoms with E-state index >= 15 is 0 Å². The molecule has 23 heavy (non-hydrogen) atoms. The summed E-state index contributed by atoms with van der Waals surface area (Å²) < 4.78 is 7.24. The zero-order valence-corrected chi connectivity index (χ0v) is 12.8. The first-order chi connectivity index (χ1) is 11.3. The Morgan fingerprint density at radius 2 is 1.91 bits per heavy atom. The minimum atomic E-state index is 0.570. The number of ether oxygens (including phenoxy) is 1. The van der Waals surface area contributed by atoms with Gasteiger partial charge in [-0.15, -0.1) is 10.2 Å². The summed E-state index contributed by atoms with van der Waals surface area (Å²) >= 11 is 0. The highest BCUT2D eigenvalue weighted by Crippen LogP contribution is 2.32. The Balaban J connectivity index is 2.02. The van der Waals surface area contributed by atoms with E-state index < -0.39 is 0 Å². The molecule has 2 heterocycles. The number of aromatic nitrogens is 4. The molecule has 0 fully saturated rings. The van der Waals surface area contributed by atoms with Gasteiger partial charge in [0.05, 0.1) is 12.6 Å². The van der Waals surface area contributed by atoms with Gasteiger partial charge in [0.15, 0.2) is 0 Å². The first-order valence-electron chi connectivity index (χ1n) is 7.24. The summed E-state index contributed by atoms with van der Waals surface area (Å²) in [6, 6.07) is 16.0. The third kappa shape index (κ3) is 2.15. The molecule has 0 unspecified atom stereocenters. The van der Waals surface area contributed by atoms with E-state index in [0.717, 1.165) is 28.2 Å². The topological polar surface area (TPSA) is 55.5 Å². The monoisotopic (exact) mass is 305 g/mol. The summed E-state index contributed by atoms with van der Waals surface area (Å²) in [4.78, 5) is 6.71. The van der Waals surface area contributed by atoms with Crippen LogP contribution in [0.4, 0.5) is 11.5 Å². The van der Waals surface area contributed by atoms with E-state index in [0.29, 0.717) is 5.78 Å². The molecular weight excluding hydrogens is 290 g/mol. The van der Waals surface area contributed by atoms with E-state index in [4.69, 9.17) is 4.74 Å². The van der Waals surface area contributed by atoms with Crippen molar-refractivity contribution in [3.63, 3.8) is 0 Å². The summed E-state index contributed by atoms with van der Waals surface area (Å²) in [5.41, 5.74) is 2.03. The van der Waals surface area contributed by atoms with Crippen molar-refractivity contribution in [3.05, 3.63) is 54.9 Å². The lowest BCUT2D eigenvalue weighted by Crippen LogP contribution is -2.12. The number of rotatable bonds is 3. The lowest BCUT2D eigenvalue weighted by Gasteiger charge is -2.20. The van der Waals surface area contributed by atoms with Crippen LogP contribution in [0.1, 0.15) is 0 Å². The van der Waals surface area contributed by atoms with Crippen LogP contribution < -0.4 is 9.64 Å². The molecule has 0 aliphatic rings. The molecule has 0 N–H and O–H groups in total. The van der Waals surface area contributed by atoms with E-state index in [9.17, 15) is 0 Å². The van der Waals surface area contributed by atoms with E-state index in [1.165, 1.54) is 0 Å². The summed E-state index contributed by atoms with van der Waals surface area (Å²) in [5.74, 6) is 2.17. The minimum Gasteiger partial charge on any atom is -0.497 e. The fourth-order valence-corrected chi connectivity index (χ4v) is 2.69. The van der Waals surface area contributed by atoms with Crippen LogP contribution in [-0.2, 0) is 0 Å². The van der Waals surface area contributed by atoms with Gasteiger partial charge in [-0.2, -0.15) is 4.98 Å². The highest BCUT2D eigenvalue weighted by atomic mass is 16.5. The summed E-state index contributed by atoms with van der Waals surface area (Å²) in [7, 11) is 3.65. The molecule has 2 aromatic heterocycles. The smallest absolute Gasteiger partial charge is 0.257 e. The van der Waals surface area contributed by atoms with Gasteiger partial charge in [-0.3, -0.25) is 4.40 Å². The molecule has 0 saturated heterocycles. The number of hydrogen-bond donors (Lipinski definition) is 0. The molecule has 0 amide bonds. The number of methoxy groups -OCH3 is 1. The van der Waals surface area contributed by atoms with E-state index in [2.05, 4.69) is 15.2 Å². The van der Waals surface area contributed by atoms with Gasteiger partial charge in [0.25, 0.3) is 5.78 Å². The Hall–Kier alpha value is -3.15. The van der Waals surface area contributed by atoms with Gasteiger partial charge in [0.2, 0.25) is 0 Å². The molecule has 4 aromatic rings. The average molecular weight is 305 g/mol. The predicted octanol–water partition coefficient (Wildman–Crippen LogP) is 3.05. The highest BCUT2D eigenvalue weighted by Gasteiger charge is 2.15. The maximum absolute atomic E-state index is 5.37. The Bertz CT molecular complexity index is 980. The van der Waals surface area contributed by atoms with Crippen molar-refractivity contribution in [3.8, 4) is 5.75 Å². The van der Waals surface area contributed by atoms with E-state index in [-0.39, 0.29) is 0 Å². The maximum atomic E-state index is 5.37. The number of anilines is 2. The van der Waals surface area contributed by atoms with Gasteiger partial charge in [-0.25, -0.2) is 0 Å². The largest absolute Gasteiger partial charge is 0.497 e. The zero-order valence-electron chi connectivity index (χ0n) is 12.8. The second kappa shape index (κ2) is 5.24. The van der Waals surface area contributed by atoms with Crippen molar-refractivity contribution < 1.29 is 4.74 Å². The van der Waals surface area contributed by atoms with Crippen LogP contribution in [0, 0.1) is 0 Å². The van der Waals surface area contributed by atoms with Crippen LogP contribution in [0.5, 0.6) is 5.75 Å². The minimum absolute atomic E-state index is 0.570. The summed E-state index contributed by atoms with van der Waals surface area (Å²) in [6.45, 7) is 0. The van der Waals surface area contributed by atoms with Crippen molar-refractivity contribution in [2.75, 3.05) is 19.1 Å². The van der Waals surface area contributed by atoms with E-state index in [1.807, 2.05) is 64.9 Å². The highest BCUT2D eigenvalue weighted by molar-refractivity contribution is 5.94. The van der Waals surface area contributed by atoms with Crippen molar-refractivity contribution in [1.29, 1.82) is 0 Å². The maximum Gasteiger partial charge on any atom is 0.257 e. The molecule has 0 atom stereocenters. The Morgan fingerprint density at radius 1 is 1.09 bits per heavy atom. The predicted molar refractivity (Wildman–Crippen MR) is 89.3 cm³/mol. The zero-order chi connectivity index (χ0) is 15.8. The van der Waals surface area contributed by atoms with Gasteiger partial charge in [0, 0.05) is 18.1 Å². The number of hydrogen-bond acceptors (Lipinski definition) is 5. The molecule has 6 heteroatoms. The van der Waals surface area contributed by atoms with Crippen LogP contribution in [0.3, 0.4) is 0 Å². The van der Waals surface area contributed by atoms with Crippen LogP contribution >= 0.6 is 0 Å². The standard InChI is InChI=1S/C17H15N5O/c1-21(12-6-4-3-5-7-12)16-14-10-13(23-2)8-9-15(14)22-11-18-20-17(22)19-16/h3-11H,1-2H3. The lowest BCUT2D eigenvalue weighted by atomic mass is 10.2. The molecule has 0 bridgehead atoms. The summed E-state index contributed by atoms with van der Waals surface area (Å²) in [5, 5.41) is 9.03. The molecule has 2 aromatic carbocycles. The number of para-hydroxylation sites is 1. The van der Waals surface area contributed by atoms with Crippen molar-refractivity contribution in [1.82, 2.24) is 19.6 Å². The molecule has 114 valence electrons. The Morgan fingerprint density at radius 3 is 2.70 bits per heavy atom. The molecule has 6 nitrogen and oxygen atoms in total. The summed E-state index contributed by atoms with van der Waals surface area (Å²) in [6.07, 6.45) is 1.67. The normalized spacial score (nSPS) is 11.0. The number of fused-ring (bicyclic) bond motifs is 3. The molecule has 0 radical (unpaired) electrons. The number of nitrogens with zero attached hydrogens (tertiary/aromatic N) is 5. The average Bonchev–Trinajstić information content (AvgIpc) is 3.09. The van der Waals surface area contributed by atoms with Gasteiger partial charge >= 0.3 is 0 Å². The van der Waals surface area contributed by atoms with E-state index in [1.54, 1.807) is 13.4 Å². The van der Waals surface area contributed by atoms with Crippen molar-refractivity contribution >= 4 is 28.2 Å². The van der Waals surface area contributed by atoms with Gasteiger partial charge in [-0.05, 0) is 30.3 Å². The van der Waals surface area contributed by atoms with Gasteiger partial charge in [-0.1, -0.05) is 18.2 Å². The molecule has 0 spiro atoms. The van der Waals surface area contributed by atoms with Crippen LogP contribution in [0.2, 0.25) is 0 Å². The molecule has 0 aliphatic carbocycles. The molecule has 0 aliphatic heterocycles. The fraction of sp³-hybridized carbons (Fsp3) is 0.118. The third-order valence-electron chi connectivity index (χ3n) is 3.90. The number of benzene rings is 2. The van der Waals surface area contributed by atoms with Crippen LogP contribution in [0.25, 0.3) is 16.7 Å². The van der Waals surface area contributed by atoms with Crippen LogP contribution in [-0.4, -0.2) is 33.7 Å². The van der Waals surface area contributed by atoms with Crippen molar-refractivity contribution in [2.45, 2.75) is 0 Å². The first kappa shape index (κ1) is 13.5. The molecule has 0 saturated carbocycles. The fourth-order valence-electron chi connectivity index (χ4n) is 2.69. The lowest BCUT2D eigenvalue weighted by molar-refractivity contribution is 0.415. The Kier molecular flexibility index (Phi) is 3.08. The second-order valence-corrected chi connectivity index (χ2v) is 5.21. The van der Waals surface area contributed by atoms with Crippen molar-refractivity contribution in [2.24, 2.45) is 0 Å². The molecule has 4 rings (SSSR count). The van der Waals surface area contributed by atoms with Gasteiger partial charge in [0.1, 0.15) is 17.9 Å².